The van der Waals surface area contributed by atoms with Crippen molar-refractivity contribution in [3.05, 3.63) is 62.1 Å². The zero-order valence-corrected chi connectivity index (χ0v) is 27.2. The van der Waals surface area contributed by atoms with Crippen molar-refractivity contribution in [1.29, 1.82) is 0 Å². The molecule has 1 aliphatic carbocycles. The molecule has 1 unspecified atom stereocenters. The van der Waals surface area contributed by atoms with E-state index in [1.807, 2.05) is 33.8 Å². The van der Waals surface area contributed by atoms with Crippen LogP contribution >= 0.6 is 0 Å². The third-order valence-electron chi connectivity index (χ3n) is 10.8. The summed E-state index contributed by atoms with van der Waals surface area (Å²) >= 11 is 0. The van der Waals surface area contributed by atoms with Gasteiger partial charge in [-0.15, -0.1) is 0 Å². The molecule has 42 heavy (non-hydrogen) atoms. The van der Waals surface area contributed by atoms with Crippen LogP contribution in [0, 0.1) is 26.2 Å². The third-order valence-corrected chi connectivity index (χ3v) is 10.8. The van der Waals surface area contributed by atoms with Crippen LogP contribution in [0.2, 0.25) is 0 Å². The fourth-order valence-corrected chi connectivity index (χ4v) is 7.77. The number of aromatic amines is 1. The summed E-state index contributed by atoms with van der Waals surface area (Å²) in [6.45, 7) is 19.6. The Labute approximate surface area is 251 Å². The Balaban J connectivity index is 1.54. The van der Waals surface area contributed by atoms with E-state index in [-0.39, 0.29) is 29.0 Å². The molecule has 1 aromatic heterocycles. The zero-order valence-electron chi connectivity index (χ0n) is 27.2. The zero-order chi connectivity index (χ0) is 30.8. The minimum atomic E-state index is -0.840. The fourth-order valence-electron chi connectivity index (χ4n) is 7.77. The summed E-state index contributed by atoms with van der Waals surface area (Å²) in [4.78, 5) is 34.0. The lowest BCUT2D eigenvalue weighted by atomic mass is 9.61. The van der Waals surface area contributed by atoms with E-state index >= 15 is 0 Å². The number of benzene rings is 1. The molecule has 1 N–H and O–H groups in total. The lowest BCUT2D eigenvalue weighted by Crippen LogP contribution is -2.57. The van der Waals surface area contributed by atoms with Crippen LogP contribution in [-0.4, -0.2) is 52.7 Å². The van der Waals surface area contributed by atoms with Gasteiger partial charge in [0, 0.05) is 46.8 Å². The number of hydrogen-bond acceptors (Lipinski definition) is 5. The maximum Gasteiger partial charge on any atom is 0.254 e. The molecule has 0 radical (unpaired) electrons. The van der Waals surface area contributed by atoms with E-state index in [0.29, 0.717) is 29.8 Å². The Bertz CT molecular complexity index is 1490. The van der Waals surface area contributed by atoms with E-state index in [4.69, 9.17) is 9.47 Å². The summed E-state index contributed by atoms with van der Waals surface area (Å²) in [7, 11) is 4.35. The van der Waals surface area contributed by atoms with Crippen molar-refractivity contribution in [3.63, 3.8) is 0 Å². The normalized spacial score (nSPS) is 27.0. The Morgan fingerprint density at radius 2 is 1.71 bits per heavy atom. The molecule has 2 aromatic rings. The second-order valence-corrected chi connectivity index (χ2v) is 13.8. The van der Waals surface area contributed by atoms with E-state index in [1.54, 1.807) is 4.90 Å². The first-order chi connectivity index (χ1) is 19.7. The number of nitrogens with zero attached hydrogens (tertiary/aromatic N) is 2. The van der Waals surface area contributed by atoms with Gasteiger partial charge in [0.2, 0.25) is 0 Å². The van der Waals surface area contributed by atoms with Gasteiger partial charge < -0.3 is 24.3 Å². The van der Waals surface area contributed by atoms with Gasteiger partial charge in [-0.05, 0) is 110 Å². The number of aryl methyl sites for hydroxylation is 2. The smallest absolute Gasteiger partial charge is 0.254 e. The standard InChI is InChI=1S/C35H49N3O4/c1-11-13-35(16-14-33(7,15-17-35)37(9)10)34(8)41-29-24(6)28-25(27(21(2)3)30(29)42-34)12-18-38(32(28)40)20-26-22(4)19-23(5)36-31(26)39/h19H,2,11-18,20H2,1,3-10H3,(H,36,39). The molecule has 7 nitrogen and oxygen atoms in total. The first kappa shape index (κ1) is 30.4. The van der Waals surface area contributed by atoms with Gasteiger partial charge in [0.15, 0.2) is 11.5 Å². The van der Waals surface area contributed by atoms with Gasteiger partial charge in [-0.3, -0.25) is 9.59 Å². The molecular formula is C35H49N3O4. The van der Waals surface area contributed by atoms with Crippen LogP contribution < -0.4 is 15.0 Å². The SMILES string of the molecule is C=C(C)c1c2c(c(C)c3c1OC(C)(C1(CCC)CCC(C)(N(C)C)CC1)O3)C(=O)N(Cc1c(C)cc(C)[nH]c1=O)CC2. The molecule has 2 aliphatic heterocycles. The molecule has 3 heterocycles. The highest BCUT2D eigenvalue weighted by Gasteiger charge is 2.59. The molecule has 0 spiro atoms. The second kappa shape index (κ2) is 10.6. The van der Waals surface area contributed by atoms with Gasteiger partial charge in [0.1, 0.15) is 0 Å². The molecule has 1 saturated carbocycles. The molecule has 1 amide bonds. The minimum Gasteiger partial charge on any atom is -0.448 e. The molecular weight excluding hydrogens is 526 g/mol. The summed E-state index contributed by atoms with van der Waals surface area (Å²) in [6.07, 6.45) is 6.90. The molecule has 3 aliphatic rings. The van der Waals surface area contributed by atoms with E-state index in [0.717, 1.165) is 77.8 Å². The molecule has 0 saturated heterocycles. The lowest BCUT2D eigenvalue weighted by Gasteiger charge is -2.52. The number of rotatable bonds is 7. The molecule has 1 atom stereocenters. The van der Waals surface area contributed by atoms with Gasteiger partial charge in [0.05, 0.1) is 12.1 Å². The molecule has 1 fully saturated rings. The number of H-pyrrole nitrogens is 1. The summed E-state index contributed by atoms with van der Waals surface area (Å²) in [5, 5.41) is 0. The van der Waals surface area contributed by atoms with E-state index in [1.165, 1.54) is 0 Å². The van der Waals surface area contributed by atoms with Crippen LogP contribution in [0.5, 0.6) is 11.5 Å². The van der Waals surface area contributed by atoms with E-state index < -0.39 is 5.79 Å². The van der Waals surface area contributed by atoms with Crippen LogP contribution in [-0.2, 0) is 13.0 Å². The van der Waals surface area contributed by atoms with Crippen LogP contribution in [0.4, 0.5) is 0 Å². The average Bonchev–Trinajstić information content (AvgIpc) is 3.27. The van der Waals surface area contributed by atoms with Crippen molar-refractivity contribution in [1.82, 2.24) is 14.8 Å². The maximum absolute atomic E-state index is 14.2. The molecule has 228 valence electrons. The van der Waals surface area contributed by atoms with Gasteiger partial charge in [-0.2, -0.15) is 0 Å². The largest absolute Gasteiger partial charge is 0.448 e. The van der Waals surface area contributed by atoms with Crippen molar-refractivity contribution < 1.29 is 14.3 Å². The van der Waals surface area contributed by atoms with E-state index in [2.05, 4.69) is 51.3 Å². The Morgan fingerprint density at radius 3 is 2.29 bits per heavy atom. The van der Waals surface area contributed by atoms with Crippen LogP contribution in [0.25, 0.3) is 5.57 Å². The van der Waals surface area contributed by atoms with Crippen molar-refractivity contribution >= 4 is 11.5 Å². The summed E-state index contributed by atoms with van der Waals surface area (Å²) in [5.41, 5.74) is 6.48. The van der Waals surface area contributed by atoms with Crippen LogP contribution in [0.1, 0.15) is 110 Å². The number of ether oxygens (including phenoxy) is 2. The first-order valence-corrected chi connectivity index (χ1v) is 15.6. The summed E-state index contributed by atoms with van der Waals surface area (Å²) in [5.74, 6) is 0.501. The Kier molecular flexibility index (Phi) is 7.66. The Morgan fingerprint density at radius 1 is 1.07 bits per heavy atom. The van der Waals surface area contributed by atoms with Crippen molar-refractivity contribution in [2.75, 3.05) is 20.6 Å². The Hall–Kier alpha value is -3.06. The van der Waals surface area contributed by atoms with Gasteiger partial charge in [-0.1, -0.05) is 19.9 Å². The number of nitrogens with one attached hydrogen (secondary N) is 1. The topological polar surface area (TPSA) is 74.9 Å². The van der Waals surface area contributed by atoms with Crippen LogP contribution in [0.3, 0.4) is 0 Å². The number of fused-ring (bicyclic) bond motifs is 2. The van der Waals surface area contributed by atoms with E-state index in [9.17, 15) is 9.59 Å². The maximum atomic E-state index is 14.2. The number of carbonyl (C=O) groups excluding carboxylic acids is 1. The van der Waals surface area contributed by atoms with Crippen molar-refractivity contribution in [2.45, 2.75) is 111 Å². The quantitative estimate of drug-likeness (QED) is 0.398. The monoisotopic (exact) mass is 575 g/mol. The third kappa shape index (κ3) is 4.68. The molecule has 1 aromatic carbocycles. The highest BCUT2D eigenvalue weighted by Crippen LogP contribution is 2.59. The first-order valence-electron chi connectivity index (χ1n) is 15.6. The van der Waals surface area contributed by atoms with Gasteiger partial charge in [-0.25, -0.2) is 0 Å². The number of amides is 1. The lowest BCUT2D eigenvalue weighted by molar-refractivity contribution is -0.190. The number of aromatic nitrogens is 1. The van der Waals surface area contributed by atoms with Gasteiger partial charge in [0.25, 0.3) is 17.3 Å². The summed E-state index contributed by atoms with van der Waals surface area (Å²) < 4.78 is 13.9. The van der Waals surface area contributed by atoms with Crippen molar-refractivity contribution in [3.8, 4) is 11.5 Å². The van der Waals surface area contributed by atoms with Crippen molar-refractivity contribution in [2.24, 2.45) is 5.41 Å². The van der Waals surface area contributed by atoms with Crippen LogP contribution in [0.15, 0.2) is 17.4 Å². The predicted octanol–water partition coefficient (Wildman–Crippen LogP) is 6.70. The number of carbonyl (C=O) groups is 1. The predicted molar refractivity (Wildman–Crippen MR) is 168 cm³/mol. The highest BCUT2D eigenvalue weighted by atomic mass is 16.7. The summed E-state index contributed by atoms with van der Waals surface area (Å²) in [6, 6.07) is 1.96. The molecule has 0 bridgehead atoms. The fraction of sp³-hybridized carbons (Fsp3) is 0.600. The molecule has 5 rings (SSSR count). The number of allylic oxidation sites excluding steroid dienone is 1. The minimum absolute atomic E-state index is 0.0710. The number of pyridine rings is 1. The highest BCUT2D eigenvalue weighted by molar-refractivity contribution is 6.01. The average molecular weight is 576 g/mol. The molecule has 7 heteroatoms. The second-order valence-electron chi connectivity index (χ2n) is 13.8. The number of hydrogen-bond donors (Lipinski definition) is 1. The van der Waals surface area contributed by atoms with Gasteiger partial charge >= 0.3 is 0 Å².